The Balaban J connectivity index is 2.02. The molecule has 1 aliphatic rings. The second kappa shape index (κ2) is 5.71. The van der Waals surface area contributed by atoms with Crippen LogP contribution in [0.4, 0.5) is 5.69 Å². The van der Waals surface area contributed by atoms with Crippen LogP contribution in [0.2, 0.25) is 0 Å². The molecule has 1 radical (unpaired) electrons. The third-order valence-electron chi connectivity index (χ3n) is 3.10. The van der Waals surface area contributed by atoms with Crippen molar-refractivity contribution in [3.05, 3.63) is 29.8 Å². The first kappa shape index (κ1) is 12.0. The van der Waals surface area contributed by atoms with Gasteiger partial charge in [0.05, 0.1) is 0 Å². The lowest BCUT2D eigenvalue weighted by Crippen LogP contribution is -2.32. The molecule has 1 aliphatic heterocycles. The van der Waals surface area contributed by atoms with E-state index in [9.17, 15) is 0 Å². The smallest absolute Gasteiger partial charge is 0.273 e. The van der Waals surface area contributed by atoms with Crippen molar-refractivity contribution >= 4 is 12.1 Å². The number of hydrogen-bond acceptors (Lipinski definition) is 3. The summed E-state index contributed by atoms with van der Waals surface area (Å²) in [5.41, 5.74) is 2.63. The first-order valence-electron chi connectivity index (χ1n) is 6.24. The van der Waals surface area contributed by atoms with Crippen LogP contribution in [-0.4, -0.2) is 32.1 Å². The highest BCUT2D eigenvalue weighted by atomic mass is 16.5. The van der Waals surface area contributed by atoms with Crippen LogP contribution in [0.5, 0.6) is 0 Å². The van der Waals surface area contributed by atoms with Crippen LogP contribution in [0.3, 0.4) is 0 Å². The summed E-state index contributed by atoms with van der Waals surface area (Å²) in [6.45, 7) is 6.87. The molecule has 0 aliphatic carbocycles. The minimum Gasteiger partial charge on any atom is -0.472 e. The predicted molar refractivity (Wildman–Crippen MR) is 70.9 cm³/mol. The zero-order valence-corrected chi connectivity index (χ0v) is 10.5. The van der Waals surface area contributed by atoms with E-state index >= 15 is 0 Å². The number of anilines is 1. The van der Waals surface area contributed by atoms with E-state index in [1.54, 1.807) is 0 Å². The maximum atomic E-state index is 5.03. The van der Waals surface area contributed by atoms with Gasteiger partial charge in [-0.25, -0.2) is 4.99 Å². The normalized spacial score (nSPS) is 18.1. The highest BCUT2D eigenvalue weighted by Gasteiger charge is 2.16. The molecule has 1 atom stereocenters. The number of rotatable bonds is 5. The van der Waals surface area contributed by atoms with Gasteiger partial charge in [-0.1, -0.05) is 19.1 Å². The van der Waals surface area contributed by atoms with Crippen LogP contribution in [0.25, 0.3) is 0 Å². The summed E-state index contributed by atoms with van der Waals surface area (Å²) in [6, 6.07) is 8.98. The van der Waals surface area contributed by atoms with Gasteiger partial charge in [0.1, 0.15) is 12.6 Å². The van der Waals surface area contributed by atoms with E-state index in [4.69, 9.17) is 4.74 Å². The van der Waals surface area contributed by atoms with Gasteiger partial charge in [0.25, 0.3) is 6.40 Å². The number of benzene rings is 1. The summed E-state index contributed by atoms with van der Waals surface area (Å²) in [7, 11) is 0. The van der Waals surface area contributed by atoms with Crippen molar-refractivity contribution < 1.29 is 4.74 Å². The van der Waals surface area contributed by atoms with Gasteiger partial charge in [0.15, 0.2) is 0 Å². The third-order valence-corrected chi connectivity index (χ3v) is 3.10. The van der Waals surface area contributed by atoms with E-state index in [0.29, 0.717) is 6.61 Å². The Hall–Kier alpha value is -1.51. The standard InChI is InChI=1S/C14H19N2O/c1-3-12-5-7-14(8-6-12)16(4-2)9-13-10-17-11-15-13/h5-8,13H,3-4,9-10H2,1-2H3. The third kappa shape index (κ3) is 2.99. The summed E-state index contributed by atoms with van der Waals surface area (Å²) in [6.07, 6.45) is 3.66. The lowest BCUT2D eigenvalue weighted by molar-refractivity contribution is 0.328. The van der Waals surface area contributed by atoms with Gasteiger partial charge in [-0.3, -0.25) is 0 Å². The van der Waals surface area contributed by atoms with Gasteiger partial charge < -0.3 is 9.64 Å². The Labute approximate surface area is 103 Å². The van der Waals surface area contributed by atoms with Crippen LogP contribution < -0.4 is 4.90 Å². The predicted octanol–water partition coefficient (Wildman–Crippen LogP) is 2.38. The Morgan fingerprint density at radius 1 is 1.35 bits per heavy atom. The molecular weight excluding hydrogens is 212 g/mol. The lowest BCUT2D eigenvalue weighted by atomic mass is 10.1. The molecule has 2 rings (SSSR count). The van der Waals surface area contributed by atoms with Crippen molar-refractivity contribution in [3.8, 4) is 0 Å². The Morgan fingerprint density at radius 2 is 2.12 bits per heavy atom. The number of hydrogen-bond donors (Lipinski definition) is 0. The molecule has 17 heavy (non-hydrogen) atoms. The van der Waals surface area contributed by atoms with Crippen LogP contribution in [-0.2, 0) is 11.2 Å². The van der Waals surface area contributed by atoms with Gasteiger partial charge >= 0.3 is 0 Å². The molecule has 0 N–H and O–H groups in total. The molecule has 0 saturated carbocycles. The summed E-state index contributed by atoms with van der Waals surface area (Å²) in [5, 5.41) is 0. The van der Waals surface area contributed by atoms with Crippen molar-refractivity contribution in [2.75, 3.05) is 24.6 Å². The van der Waals surface area contributed by atoms with Crippen molar-refractivity contribution in [3.63, 3.8) is 0 Å². The lowest BCUT2D eigenvalue weighted by Gasteiger charge is -2.24. The molecule has 1 aromatic rings. The molecule has 91 valence electrons. The van der Waals surface area contributed by atoms with Crippen molar-refractivity contribution in [1.82, 2.24) is 0 Å². The average Bonchev–Trinajstić information content (AvgIpc) is 2.89. The van der Waals surface area contributed by atoms with E-state index in [1.165, 1.54) is 11.3 Å². The zero-order valence-electron chi connectivity index (χ0n) is 10.5. The van der Waals surface area contributed by atoms with Gasteiger partial charge in [0.2, 0.25) is 0 Å². The fraction of sp³-hybridized carbons (Fsp3) is 0.500. The number of aryl methyl sites for hydroxylation is 1. The van der Waals surface area contributed by atoms with Crippen molar-refractivity contribution in [1.29, 1.82) is 0 Å². The monoisotopic (exact) mass is 231 g/mol. The molecule has 0 saturated heterocycles. The first-order chi connectivity index (χ1) is 8.33. The molecule has 3 heteroatoms. The Kier molecular flexibility index (Phi) is 4.02. The van der Waals surface area contributed by atoms with Crippen LogP contribution in [0.15, 0.2) is 29.3 Å². The van der Waals surface area contributed by atoms with Gasteiger partial charge in [-0.05, 0) is 31.0 Å². The van der Waals surface area contributed by atoms with Gasteiger partial charge in [0, 0.05) is 18.8 Å². The maximum Gasteiger partial charge on any atom is 0.273 e. The average molecular weight is 231 g/mol. The first-order valence-corrected chi connectivity index (χ1v) is 6.24. The Bertz CT molecular complexity index is 372. The zero-order chi connectivity index (χ0) is 12.1. The summed E-state index contributed by atoms with van der Waals surface area (Å²) in [4.78, 5) is 6.49. The molecule has 0 bridgehead atoms. The minimum absolute atomic E-state index is 0.223. The van der Waals surface area contributed by atoms with E-state index in [1.807, 2.05) is 0 Å². The highest BCUT2D eigenvalue weighted by Crippen LogP contribution is 2.17. The maximum absolute atomic E-state index is 5.03. The highest BCUT2D eigenvalue weighted by molar-refractivity contribution is 5.51. The quantitative estimate of drug-likeness (QED) is 0.777. The molecule has 1 aromatic carbocycles. The van der Waals surface area contributed by atoms with Crippen LogP contribution in [0.1, 0.15) is 19.4 Å². The molecule has 3 nitrogen and oxygen atoms in total. The van der Waals surface area contributed by atoms with Crippen LogP contribution in [0, 0.1) is 0 Å². The second-order valence-electron chi connectivity index (χ2n) is 4.24. The molecule has 0 aromatic heterocycles. The van der Waals surface area contributed by atoms with Gasteiger partial charge in [-0.2, -0.15) is 0 Å². The number of nitrogens with zero attached hydrogens (tertiary/aromatic N) is 2. The molecule has 1 unspecified atom stereocenters. The van der Waals surface area contributed by atoms with Crippen LogP contribution >= 0.6 is 0 Å². The fourth-order valence-corrected chi connectivity index (χ4v) is 1.99. The van der Waals surface area contributed by atoms with E-state index in [2.05, 4.69) is 54.4 Å². The molecule has 0 spiro atoms. The molecule has 1 heterocycles. The molecular formula is C14H19N2O. The van der Waals surface area contributed by atoms with Crippen molar-refractivity contribution in [2.45, 2.75) is 26.3 Å². The largest absolute Gasteiger partial charge is 0.472 e. The van der Waals surface area contributed by atoms with Crippen molar-refractivity contribution in [2.24, 2.45) is 4.99 Å². The van der Waals surface area contributed by atoms with E-state index in [0.717, 1.165) is 19.5 Å². The Morgan fingerprint density at radius 3 is 2.65 bits per heavy atom. The fourth-order valence-electron chi connectivity index (χ4n) is 1.99. The topological polar surface area (TPSA) is 24.8 Å². The number of likely N-dealkylation sites (N-methyl/N-ethyl adjacent to an activating group) is 1. The van der Waals surface area contributed by atoms with Gasteiger partial charge in [-0.15, -0.1) is 0 Å². The summed E-state index contributed by atoms with van der Waals surface area (Å²) < 4.78 is 5.03. The number of aliphatic imine (C=N–C) groups is 1. The minimum atomic E-state index is 0.223. The van der Waals surface area contributed by atoms with E-state index < -0.39 is 0 Å². The molecule has 0 amide bonds. The SMILES string of the molecule is CCc1ccc(N(CC)CC2CO[C]=N2)cc1. The second-order valence-corrected chi connectivity index (χ2v) is 4.24. The van der Waals surface area contributed by atoms with E-state index in [-0.39, 0.29) is 6.04 Å². The molecule has 0 fully saturated rings. The summed E-state index contributed by atoms with van der Waals surface area (Å²) in [5.74, 6) is 0. The number of ether oxygens (including phenoxy) is 1. The summed E-state index contributed by atoms with van der Waals surface area (Å²) >= 11 is 0.